The van der Waals surface area contributed by atoms with Gasteiger partial charge in [0.2, 0.25) is 5.76 Å². The van der Waals surface area contributed by atoms with E-state index in [1.54, 1.807) is 19.1 Å². The number of hydrogen-bond donors (Lipinski definition) is 1. The van der Waals surface area contributed by atoms with Crippen LogP contribution in [0.5, 0.6) is 0 Å². The van der Waals surface area contributed by atoms with Crippen LogP contribution in [0.4, 0.5) is 0 Å². The van der Waals surface area contributed by atoms with Crippen molar-refractivity contribution in [2.75, 3.05) is 0 Å². The average molecular weight is 363 g/mol. The van der Waals surface area contributed by atoms with E-state index < -0.39 is 12.1 Å². The van der Waals surface area contributed by atoms with Crippen LogP contribution in [0, 0.1) is 0 Å². The minimum Gasteiger partial charge on any atom is -0.449 e. The summed E-state index contributed by atoms with van der Waals surface area (Å²) in [5, 5.41) is 3.83. The highest BCUT2D eigenvalue weighted by molar-refractivity contribution is 5.94. The lowest BCUT2D eigenvalue weighted by Gasteiger charge is -2.27. The molecule has 0 fully saturated rings. The smallest absolute Gasteiger partial charge is 0.375 e. The molecule has 1 N–H and O–H groups in total. The standard InChI is InChI=1S/C22H21NO4/c1-14(26-22(25)20-13-16-8-3-5-12-19(16)27-20)21(24)23-18-11-6-9-15-7-2-4-10-17(15)18/h2-5,7-8,10,12-14,18H,6,9,11H2,1H3,(H,23,24)/t14-,18+/m1/s1. The van der Waals surface area contributed by atoms with Gasteiger partial charge in [-0.2, -0.15) is 0 Å². The first kappa shape index (κ1) is 17.3. The summed E-state index contributed by atoms with van der Waals surface area (Å²) in [7, 11) is 0. The molecule has 1 aliphatic carbocycles. The number of carbonyl (C=O) groups excluding carboxylic acids is 2. The zero-order valence-corrected chi connectivity index (χ0v) is 15.1. The third-order valence-corrected chi connectivity index (χ3v) is 4.97. The molecular formula is C22H21NO4. The molecular weight excluding hydrogens is 342 g/mol. The van der Waals surface area contributed by atoms with E-state index in [1.807, 2.05) is 36.4 Å². The van der Waals surface area contributed by atoms with Gasteiger partial charge in [0.25, 0.3) is 5.91 Å². The van der Waals surface area contributed by atoms with Crippen molar-refractivity contribution in [1.29, 1.82) is 0 Å². The van der Waals surface area contributed by atoms with Crippen molar-refractivity contribution < 1.29 is 18.7 Å². The minimum absolute atomic E-state index is 0.0465. The highest BCUT2D eigenvalue weighted by atomic mass is 16.6. The molecule has 2 aromatic carbocycles. The SMILES string of the molecule is C[C@@H](OC(=O)c1cc2ccccc2o1)C(=O)N[C@H]1CCCc2ccccc21. The molecule has 0 saturated carbocycles. The summed E-state index contributed by atoms with van der Waals surface area (Å²) < 4.78 is 10.8. The fourth-order valence-corrected chi connectivity index (χ4v) is 3.55. The highest BCUT2D eigenvalue weighted by Crippen LogP contribution is 2.29. The van der Waals surface area contributed by atoms with Gasteiger partial charge >= 0.3 is 5.97 Å². The van der Waals surface area contributed by atoms with Crippen molar-refractivity contribution >= 4 is 22.8 Å². The van der Waals surface area contributed by atoms with Crippen LogP contribution in [-0.4, -0.2) is 18.0 Å². The van der Waals surface area contributed by atoms with E-state index in [2.05, 4.69) is 11.4 Å². The van der Waals surface area contributed by atoms with Gasteiger partial charge in [-0.25, -0.2) is 4.79 Å². The number of hydrogen-bond acceptors (Lipinski definition) is 4. The summed E-state index contributed by atoms with van der Waals surface area (Å²) in [6, 6.07) is 17.0. The van der Waals surface area contributed by atoms with Gasteiger partial charge < -0.3 is 14.5 Å². The van der Waals surface area contributed by atoms with Gasteiger partial charge in [-0.05, 0) is 49.4 Å². The second-order valence-corrected chi connectivity index (χ2v) is 6.85. The molecule has 0 saturated heterocycles. The first-order valence-corrected chi connectivity index (χ1v) is 9.19. The van der Waals surface area contributed by atoms with E-state index in [4.69, 9.17) is 9.15 Å². The summed E-state index contributed by atoms with van der Waals surface area (Å²) in [4.78, 5) is 24.9. The lowest BCUT2D eigenvalue weighted by atomic mass is 9.87. The first-order valence-electron chi connectivity index (χ1n) is 9.19. The molecule has 2 atom stereocenters. The van der Waals surface area contributed by atoms with E-state index in [0.717, 1.165) is 30.2 Å². The van der Waals surface area contributed by atoms with E-state index in [1.165, 1.54) is 5.56 Å². The van der Waals surface area contributed by atoms with E-state index in [9.17, 15) is 9.59 Å². The number of esters is 1. The van der Waals surface area contributed by atoms with Gasteiger partial charge in [-0.1, -0.05) is 42.5 Å². The molecule has 1 heterocycles. The van der Waals surface area contributed by atoms with Crippen molar-refractivity contribution in [2.45, 2.75) is 38.3 Å². The molecule has 5 heteroatoms. The Hall–Kier alpha value is -3.08. The Kier molecular flexibility index (Phi) is 4.67. The zero-order valence-electron chi connectivity index (χ0n) is 15.1. The Morgan fingerprint density at radius 2 is 1.93 bits per heavy atom. The van der Waals surface area contributed by atoms with Crippen LogP contribution >= 0.6 is 0 Å². The molecule has 0 spiro atoms. The number of para-hydroxylation sites is 1. The number of benzene rings is 2. The molecule has 0 unspecified atom stereocenters. The van der Waals surface area contributed by atoms with Crippen LogP contribution in [0.15, 0.2) is 59.0 Å². The lowest BCUT2D eigenvalue weighted by Crippen LogP contribution is -2.39. The van der Waals surface area contributed by atoms with Gasteiger partial charge in [0, 0.05) is 5.39 Å². The van der Waals surface area contributed by atoms with Crippen LogP contribution in [0.3, 0.4) is 0 Å². The van der Waals surface area contributed by atoms with Crippen LogP contribution < -0.4 is 5.32 Å². The quantitative estimate of drug-likeness (QED) is 0.706. The van der Waals surface area contributed by atoms with Crippen molar-refractivity contribution in [1.82, 2.24) is 5.32 Å². The maximum Gasteiger partial charge on any atom is 0.375 e. The molecule has 27 heavy (non-hydrogen) atoms. The fourth-order valence-electron chi connectivity index (χ4n) is 3.55. The van der Waals surface area contributed by atoms with E-state index in [-0.39, 0.29) is 17.7 Å². The molecule has 5 nitrogen and oxygen atoms in total. The Labute approximate surface area is 157 Å². The lowest BCUT2D eigenvalue weighted by molar-refractivity contribution is -0.130. The van der Waals surface area contributed by atoms with Gasteiger partial charge in [-0.3, -0.25) is 4.79 Å². The number of ether oxygens (including phenoxy) is 1. The normalized spacial score (nSPS) is 17.1. The summed E-state index contributed by atoms with van der Waals surface area (Å²) in [6.07, 6.45) is 2.03. The Morgan fingerprint density at radius 1 is 1.15 bits per heavy atom. The molecule has 3 aromatic rings. The van der Waals surface area contributed by atoms with Crippen molar-refractivity contribution in [3.8, 4) is 0 Å². The maximum atomic E-state index is 12.5. The first-order chi connectivity index (χ1) is 13.1. The van der Waals surface area contributed by atoms with Crippen LogP contribution in [-0.2, 0) is 16.0 Å². The number of carbonyl (C=O) groups is 2. The zero-order chi connectivity index (χ0) is 18.8. The van der Waals surface area contributed by atoms with Gasteiger partial charge in [0.1, 0.15) is 5.58 Å². The second-order valence-electron chi connectivity index (χ2n) is 6.85. The molecule has 0 aliphatic heterocycles. The van der Waals surface area contributed by atoms with Crippen molar-refractivity contribution in [3.05, 3.63) is 71.5 Å². The monoisotopic (exact) mass is 363 g/mol. The van der Waals surface area contributed by atoms with Gasteiger partial charge in [-0.15, -0.1) is 0 Å². The molecule has 1 aromatic heterocycles. The van der Waals surface area contributed by atoms with Crippen LogP contribution in [0.25, 0.3) is 11.0 Å². The minimum atomic E-state index is -0.903. The third kappa shape index (κ3) is 3.58. The largest absolute Gasteiger partial charge is 0.449 e. The number of aryl methyl sites for hydroxylation is 1. The Balaban J connectivity index is 1.41. The molecule has 0 radical (unpaired) electrons. The summed E-state index contributed by atoms with van der Waals surface area (Å²) in [6.45, 7) is 1.57. The number of nitrogens with one attached hydrogen (secondary N) is 1. The summed E-state index contributed by atoms with van der Waals surface area (Å²) >= 11 is 0. The summed E-state index contributed by atoms with van der Waals surface area (Å²) in [5.41, 5.74) is 3.02. The number of amides is 1. The van der Waals surface area contributed by atoms with Gasteiger partial charge in [0.05, 0.1) is 6.04 Å². The number of rotatable bonds is 4. The van der Waals surface area contributed by atoms with E-state index in [0.29, 0.717) is 5.58 Å². The van der Waals surface area contributed by atoms with E-state index >= 15 is 0 Å². The Bertz CT molecular complexity index is 958. The van der Waals surface area contributed by atoms with Gasteiger partial charge in [0.15, 0.2) is 6.10 Å². The van der Waals surface area contributed by atoms with Crippen molar-refractivity contribution in [3.63, 3.8) is 0 Å². The Morgan fingerprint density at radius 3 is 2.78 bits per heavy atom. The molecule has 1 aliphatic rings. The summed E-state index contributed by atoms with van der Waals surface area (Å²) in [5.74, 6) is -0.849. The second kappa shape index (κ2) is 7.27. The number of furan rings is 1. The average Bonchev–Trinajstić information content (AvgIpc) is 3.12. The fraction of sp³-hybridized carbons (Fsp3) is 0.273. The van der Waals surface area contributed by atoms with Crippen molar-refractivity contribution in [2.24, 2.45) is 0 Å². The number of fused-ring (bicyclic) bond motifs is 2. The molecule has 138 valence electrons. The highest BCUT2D eigenvalue weighted by Gasteiger charge is 2.26. The van der Waals surface area contributed by atoms with Crippen LogP contribution in [0.1, 0.15) is 47.5 Å². The third-order valence-electron chi connectivity index (χ3n) is 4.97. The predicted molar refractivity (Wildman–Crippen MR) is 101 cm³/mol. The maximum absolute atomic E-state index is 12.5. The topological polar surface area (TPSA) is 68.5 Å². The predicted octanol–water partition coefficient (Wildman–Crippen LogP) is 4.17. The molecule has 1 amide bonds. The molecule has 0 bridgehead atoms. The molecule has 4 rings (SSSR count). The van der Waals surface area contributed by atoms with Crippen LogP contribution in [0.2, 0.25) is 0 Å².